The summed E-state index contributed by atoms with van der Waals surface area (Å²) in [5.74, 6) is -2.61. The summed E-state index contributed by atoms with van der Waals surface area (Å²) >= 11 is 0. The van der Waals surface area contributed by atoms with E-state index in [0.717, 1.165) is 5.56 Å². The van der Waals surface area contributed by atoms with Gasteiger partial charge in [0.25, 0.3) is 0 Å². The van der Waals surface area contributed by atoms with Gasteiger partial charge in [-0.3, -0.25) is 9.59 Å². The second kappa shape index (κ2) is 7.28. The Hall–Kier alpha value is -2.57. The van der Waals surface area contributed by atoms with Crippen molar-refractivity contribution in [3.63, 3.8) is 0 Å². The lowest BCUT2D eigenvalue weighted by atomic mass is 10.1. The maximum absolute atomic E-state index is 11.8. The fraction of sp³-hybridized carbons (Fsp3) is 0.357. The van der Waals surface area contributed by atoms with Gasteiger partial charge in [-0.25, -0.2) is 4.79 Å². The van der Waals surface area contributed by atoms with Crippen molar-refractivity contribution in [3.8, 4) is 5.75 Å². The van der Waals surface area contributed by atoms with Crippen molar-refractivity contribution >= 4 is 17.8 Å². The Morgan fingerprint density at radius 2 is 1.95 bits per heavy atom. The maximum Gasteiger partial charge on any atom is 0.326 e. The second-order valence-corrected chi connectivity index (χ2v) is 4.54. The molecule has 0 heterocycles. The number of methoxy groups -OCH3 is 1. The molecule has 0 spiro atoms. The van der Waals surface area contributed by atoms with Crippen molar-refractivity contribution in [1.82, 2.24) is 5.32 Å². The molecule has 1 unspecified atom stereocenters. The SMILES string of the molecule is COc1cc(CC(=O)NC(CC(=O)O)C(=O)O)ccc1C. The van der Waals surface area contributed by atoms with E-state index in [0.29, 0.717) is 11.3 Å². The van der Waals surface area contributed by atoms with Crippen LogP contribution in [0.5, 0.6) is 5.75 Å². The van der Waals surface area contributed by atoms with Gasteiger partial charge in [0.05, 0.1) is 20.0 Å². The molecule has 0 aliphatic heterocycles. The molecular weight excluding hydrogens is 278 g/mol. The molecule has 114 valence electrons. The topological polar surface area (TPSA) is 113 Å². The number of carboxylic acids is 2. The molecule has 7 heteroatoms. The van der Waals surface area contributed by atoms with Crippen LogP contribution in [0.15, 0.2) is 18.2 Å². The summed E-state index contributed by atoms with van der Waals surface area (Å²) in [7, 11) is 1.51. The molecule has 1 atom stereocenters. The zero-order valence-corrected chi connectivity index (χ0v) is 11.8. The van der Waals surface area contributed by atoms with Gasteiger partial charge in [-0.2, -0.15) is 0 Å². The Bertz CT molecular complexity index is 554. The van der Waals surface area contributed by atoms with Crippen molar-refractivity contribution in [2.75, 3.05) is 7.11 Å². The quantitative estimate of drug-likeness (QED) is 0.678. The van der Waals surface area contributed by atoms with Crippen LogP contribution in [0.25, 0.3) is 0 Å². The number of aliphatic carboxylic acids is 2. The van der Waals surface area contributed by atoms with Crippen LogP contribution in [0.2, 0.25) is 0 Å². The summed E-state index contributed by atoms with van der Waals surface area (Å²) in [6.45, 7) is 1.86. The molecule has 0 fully saturated rings. The molecule has 0 saturated heterocycles. The standard InChI is InChI=1S/C14H17NO6/c1-8-3-4-9(5-11(8)21-2)6-12(16)15-10(14(19)20)7-13(17)18/h3-5,10H,6-7H2,1-2H3,(H,15,16)(H,17,18)(H,19,20). The molecule has 1 rings (SSSR count). The molecule has 0 saturated carbocycles. The van der Waals surface area contributed by atoms with Crippen LogP contribution in [-0.4, -0.2) is 41.2 Å². The number of rotatable bonds is 7. The van der Waals surface area contributed by atoms with Crippen LogP contribution in [0.4, 0.5) is 0 Å². The number of hydrogen-bond acceptors (Lipinski definition) is 4. The maximum atomic E-state index is 11.8. The fourth-order valence-electron chi connectivity index (χ4n) is 1.78. The molecule has 1 aromatic carbocycles. The van der Waals surface area contributed by atoms with Crippen molar-refractivity contribution in [1.29, 1.82) is 0 Å². The number of nitrogens with one attached hydrogen (secondary N) is 1. The van der Waals surface area contributed by atoms with Gasteiger partial charge in [-0.05, 0) is 24.1 Å². The first-order valence-electron chi connectivity index (χ1n) is 6.21. The molecule has 0 aromatic heterocycles. The molecule has 7 nitrogen and oxygen atoms in total. The molecule has 0 aliphatic rings. The molecule has 21 heavy (non-hydrogen) atoms. The monoisotopic (exact) mass is 295 g/mol. The van der Waals surface area contributed by atoms with Crippen LogP contribution in [-0.2, 0) is 20.8 Å². The minimum absolute atomic E-state index is 0.0555. The van der Waals surface area contributed by atoms with E-state index in [1.54, 1.807) is 18.2 Å². The number of ether oxygens (including phenoxy) is 1. The summed E-state index contributed by atoms with van der Waals surface area (Å²) < 4.78 is 5.14. The highest BCUT2D eigenvalue weighted by Gasteiger charge is 2.23. The number of amides is 1. The van der Waals surface area contributed by atoms with E-state index in [2.05, 4.69) is 5.32 Å². The first kappa shape index (κ1) is 16.5. The number of hydrogen-bond donors (Lipinski definition) is 3. The van der Waals surface area contributed by atoms with Gasteiger partial charge in [0.1, 0.15) is 11.8 Å². The van der Waals surface area contributed by atoms with Crippen molar-refractivity contribution in [3.05, 3.63) is 29.3 Å². The smallest absolute Gasteiger partial charge is 0.326 e. The highest BCUT2D eigenvalue weighted by atomic mass is 16.5. The predicted molar refractivity (Wildman–Crippen MR) is 73.3 cm³/mol. The first-order valence-corrected chi connectivity index (χ1v) is 6.21. The number of aryl methyl sites for hydroxylation is 1. The summed E-state index contributed by atoms with van der Waals surface area (Å²) in [6, 6.07) is 3.75. The Morgan fingerprint density at radius 3 is 2.48 bits per heavy atom. The van der Waals surface area contributed by atoms with E-state index in [9.17, 15) is 14.4 Å². The molecular formula is C14H17NO6. The Morgan fingerprint density at radius 1 is 1.29 bits per heavy atom. The van der Waals surface area contributed by atoms with Crippen molar-refractivity contribution in [2.24, 2.45) is 0 Å². The van der Waals surface area contributed by atoms with Crippen LogP contribution >= 0.6 is 0 Å². The van der Waals surface area contributed by atoms with E-state index in [4.69, 9.17) is 14.9 Å². The highest BCUT2D eigenvalue weighted by molar-refractivity contribution is 5.87. The van der Waals surface area contributed by atoms with Gasteiger partial charge >= 0.3 is 11.9 Å². The van der Waals surface area contributed by atoms with Gasteiger partial charge in [-0.15, -0.1) is 0 Å². The van der Waals surface area contributed by atoms with Gasteiger partial charge in [0, 0.05) is 0 Å². The van der Waals surface area contributed by atoms with Crippen molar-refractivity contribution < 1.29 is 29.3 Å². The van der Waals surface area contributed by atoms with E-state index in [1.807, 2.05) is 6.92 Å². The summed E-state index contributed by atoms with van der Waals surface area (Å²) in [4.78, 5) is 33.2. The average Bonchev–Trinajstić information content (AvgIpc) is 2.39. The van der Waals surface area contributed by atoms with E-state index >= 15 is 0 Å². The summed E-state index contributed by atoms with van der Waals surface area (Å²) in [6.07, 6.45) is -0.724. The Balaban J connectivity index is 2.72. The Kier molecular flexibility index (Phi) is 5.71. The summed E-state index contributed by atoms with van der Waals surface area (Å²) in [5.41, 5.74) is 1.56. The van der Waals surface area contributed by atoms with Crippen LogP contribution in [0, 0.1) is 6.92 Å². The van der Waals surface area contributed by atoms with E-state index in [-0.39, 0.29) is 6.42 Å². The number of carboxylic acid groups (broad SMARTS) is 2. The normalized spacial score (nSPS) is 11.5. The van der Waals surface area contributed by atoms with Crippen molar-refractivity contribution in [2.45, 2.75) is 25.8 Å². The molecule has 3 N–H and O–H groups in total. The third kappa shape index (κ3) is 5.13. The fourth-order valence-corrected chi connectivity index (χ4v) is 1.78. The molecule has 1 amide bonds. The molecule has 1 aromatic rings. The van der Waals surface area contributed by atoms with Crippen LogP contribution < -0.4 is 10.1 Å². The first-order chi connectivity index (χ1) is 9.83. The Labute approximate surface area is 121 Å². The van der Waals surface area contributed by atoms with Gasteiger partial charge in [0.15, 0.2) is 0 Å². The summed E-state index contributed by atoms with van der Waals surface area (Å²) in [5, 5.41) is 19.6. The predicted octanol–water partition coefficient (Wildman–Crippen LogP) is 0.590. The molecule has 0 bridgehead atoms. The largest absolute Gasteiger partial charge is 0.496 e. The van der Waals surface area contributed by atoms with Gasteiger partial charge < -0.3 is 20.3 Å². The zero-order chi connectivity index (χ0) is 16.0. The molecule has 0 aliphatic carbocycles. The second-order valence-electron chi connectivity index (χ2n) is 4.54. The van der Waals surface area contributed by atoms with E-state index < -0.39 is 30.3 Å². The third-order valence-electron chi connectivity index (χ3n) is 2.85. The average molecular weight is 295 g/mol. The number of carbonyl (C=O) groups excluding carboxylic acids is 1. The minimum Gasteiger partial charge on any atom is -0.496 e. The number of benzene rings is 1. The number of carbonyl (C=O) groups is 3. The van der Waals surface area contributed by atoms with E-state index in [1.165, 1.54) is 7.11 Å². The van der Waals surface area contributed by atoms with Gasteiger partial charge in [-0.1, -0.05) is 12.1 Å². The molecule has 0 radical (unpaired) electrons. The third-order valence-corrected chi connectivity index (χ3v) is 2.85. The van der Waals surface area contributed by atoms with Gasteiger partial charge in [0.2, 0.25) is 5.91 Å². The van der Waals surface area contributed by atoms with Crippen LogP contribution in [0.1, 0.15) is 17.5 Å². The van der Waals surface area contributed by atoms with Crippen LogP contribution in [0.3, 0.4) is 0 Å². The highest BCUT2D eigenvalue weighted by Crippen LogP contribution is 2.19. The lowest BCUT2D eigenvalue weighted by Gasteiger charge is -2.13. The minimum atomic E-state index is -1.44. The lowest BCUT2D eigenvalue weighted by molar-refractivity contribution is -0.147. The zero-order valence-electron chi connectivity index (χ0n) is 11.8. The lowest BCUT2D eigenvalue weighted by Crippen LogP contribution is -2.42.